The van der Waals surface area contributed by atoms with Crippen molar-refractivity contribution in [3.05, 3.63) is 76.5 Å². The predicted octanol–water partition coefficient (Wildman–Crippen LogP) is 7.79. The molecular formula is C29H33F7N3O. The lowest BCUT2D eigenvalue weighted by atomic mass is 9.91. The van der Waals surface area contributed by atoms with Gasteiger partial charge in [-0.25, -0.2) is 9.18 Å². The van der Waals surface area contributed by atoms with Crippen molar-refractivity contribution >= 4 is 6.03 Å². The van der Waals surface area contributed by atoms with Gasteiger partial charge in [0.15, 0.2) is 0 Å². The van der Waals surface area contributed by atoms with E-state index in [1.165, 1.54) is 31.0 Å². The van der Waals surface area contributed by atoms with Crippen molar-refractivity contribution in [2.75, 3.05) is 26.7 Å². The first-order valence-corrected chi connectivity index (χ1v) is 13.3. The summed E-state index contributed by atoms with van der Waals surface area (Å²) in [7, 11) is 1.37. The maximum absolute atomic E-state index is 13.9. The maximum Gasteiger partial charge on any atom is 0.416 e. The zero-order chi connectivity index (χ0) is 29.4. The molecule has 0 N–H and O–H groups in total. The zero-order valence-electron chi connectivity index (χ0n) is 22.6. The maximum atomic E-state index is 13.9. The van der Waals surface area contributed by atoms with Crippen LogP contribution in [0.3, 0.4) is 0 Å². The molecule has 2 amide bonds. The number of halogens is 7. The fourth-order valence-electron chi connectivity index (χ4n) is 5.73. The third-order valence-electron chi connectivity index (χ3n) is 8.15. The standard InChI is InChI=1S/C29H33F7N3O/c1-18-13-23(30)9-10-25(18)26-17-38(24-7-5-4-6-8-24)11-12-39(26)27(40)37(3)19(2)20-14-21(28(31,32)33)16-22(15-20)29(34,35)36/h4,9-10,13-16,19,24,26H,5-8,11-12,17H2,1-3H3/t19-,26-/m1/s1. The van der Waals surface area contributed by atoms with Gasteiger partial charge in [-0.1, -0.05) is 6.07 Å². The van der Waals surface area contributed by atoms with Crippen molar-refractivity contribution in [1.29, 1.82) is 0 Å². The van der Waals surface area contributed by atoms with E-state index in [0.717, 1.165) is 31.2 Å². The summed E-state index contributed by atoms with van der Waals surface area (Å²) in [5.74, 6) is -0.412. The van der Waals surface area contributed by atoms with Gasteiger partial charge >= 0.3 is 18.4 Å². The molecule has 2 aromatic carbocycles. The summed E-state index contributed by atoms with van der Waals surface area (Å²) in [6.45, 7) is 4.54. The van der Waals surface area contributed by atoms with Crippen molar-refractivity contribution in [2.45, 2.75) is 70.0 Å². The van der Waals surface area contributed by atoms with Crippen LogP contribution in [0.25, 0.3) is 0 Å². The number of rotatable bonds is 4. The molecule has 1 radical (unpaired) electrons. The van der Waals surface area contributed by atoms with E-state index in [0.29, 0.717) is 43.4 Å². The SMILES string of the molecule is Cc1cc(F)ccc1[C@H]1CN(C2CC[CH]CC2)CCN1C(=O)N(C)[C@H](C)c1cc(C(F)(F)F)cc(C(F)(F)F)c1. The van der Waals surface area contributed by atoms with E-state index in [4.69, 9.17) is 0 Å². The molecule has 2 atom stereocenters. The second-order valence-corrected chi connectivity index (χ2v) is 10.7. The minimum absolute atomic E-state index is 0.0770. The molecule has 0 spiro atoms. The number of carbonyl (C=O) groups is 1. The zero-order valence-corrected chi connectivity index (χ0v) is 22.6. The molecule has 2 aromatic rings. The number of nitrogens with zero attached hydrogens (tertiary/aromatic N) is 3. The van der Waals surface area contributed by atoms with Crippen molar-refractivity contribution < 1.29 is 35.5 Å². The van der Waals surface area contributed by atoms with Crippen LogP contribution in [0.4, 0.5) is 35.5 Å². The molecule has 1 heterocycles. The molecule has 1 saturated heterocycles. The molecule has 0 aromatic heterocycles. The largest absolute Gasteiger partial charge is 0.416 e. The van der Waals surface area contributed by atoms with Crippen molar-refractivity contribution in [3.63, 3.8) is 0 Å². The van der Waals surface area contributed by atoms with Gasteiger partial charge < -0.3 is 9.80 Å². The highest BCUT2D eigenvalue weighted by Crippen LogP contribution is 2.39. The Morgan fingerprint density at radius 2 is 1.55 bits per heavy atom. The number of carbonyl (C=O) groups excluding carboxylic acids is 1. The Bertz CT molecular complexity index is 1170. The summed E-state index contributed by atoms with van der Waals surface area (Å²) in [5, 5.41) is 0. The number of urea groups is 1. The molecule has 1 aliphatic carbocycles. The van der Waals surface area contributed by atoms with Gasteiger partial charge in [-0.3, -0.25) is 4.90 Å². The number of alkyl halides is 6. The molecule has 219 valence electrons. The quantitative estimate of drug-likeness (QED) is 0.350. The normalized spacial score (nSPS) is 20.4. The minimum Gasteiger partial charge on any atom is -0.321 e. The number of piperazine rings is 1. The number of hydrogen-bond donors (Lipinski definition) is 0. The van der Waals surface area contributed by atoms with Gasteiger partial charge in [-0.2, -0.15) is 26.3 Å². The average Bonchev–Trinajstić information content (AvgIpc) is 2.91. The van der Waals surface area contributed by atoms with E-state index in [9.17, 15) is 35.5 Å². The van der Waals surface area contributed by atoms with Crippen molar-refractivity contribution in [2.24, 2.45) is 0 Å². The van der Waals surface area contributed by atoms with Crippen molar-refractivity contribution in [1.82, 2.24) is 14.7 Å². The molecular weight excluding hydrogens is 539 g/mol. The van der Waals surface area contributed by atoms with E-state index in [2.05, 4.69) is 11.3 Å². The topological polar surface area (TPSA) is 26.8 Å². The van der Waals surface area contributed by atoms with Gasteiger partial charge in [0.2, 0.25) is 0 Å². The lowest BCUT2D eigenvalue weighted by molar-refractivity contribution is -0.143. The summed E-state index contributed by atoms with van der Waals surface area (Å²) < 4.78 is 94.7. The first-order chi connectivity index (χ1) is 18.7. The number of aryl methyl sites for hydroxylation is 1. The van der Waals surface area contributed by atoms with Gasteiger partial charge in [0.1, 0.15) is 5.82 Å². The van der Waals surface area contributed by atoms with Crippen LogP contribution in [0.2, 0.25) is 0 Å². The van der Waals surface area contributed by atoms with Crippen LogP contribution in [-0.4, -0.2) is 53.5 Å². The van der Waals surface area contributed by atoms with Crippen LogP contribution in [-0.2, 0) is 12.4 Å². The van der Waals surface area contributed by atoms with Crippen LogP contribution in [0, 0.1) is 19.2 Å². The van der Waals surface area contributed by atoms with Crippen LogP contribution in [0.1, 0.15) is 72.5 Å². The minimum atomic E-state index is -4.99. The number of amides is 2. The third-order valence-corrected chi connectivity index (χ3v) is 8.15. The van der Waals surface area contributed by atoms with E-state index in [1.54, 1.807) is 17.9 Å². The van der Waals surface area contributed by atoms with E-state index >= 15 is 0 Å². The van der Waals surface area contributed by atoms with Gasteiger partial charge in [0, 0.05) is 32.7 Å². The first kappa shape index (κ1) is 30.1. The summed E-state index contributed by atoms with van der Waals surface area (Å²) in [6.07, 6.45) is -3.73. The van der Waals surface area contributed by atoms with E-state index in [-0.39, 0.29) is 11.6 Å². The Balaban J connectivity index is 1.65. The Morgan fingerprint density at radius 1 is 0.950 bits per heavy atom. The predicted molar refractivity (Wildman–Crippen MR) is 137 cm³/mol. The molecule has 0 bridgehead atoms. The smallest absolute Gasteiger partial charge is 0.321 e. The molecule has 4 rings (SSSR count). The molecule has 2 fully saturated rings. The summed E-state index contributed by atoms with van der Waals surface area (Å²) in [5.41, 5.74) is -1.72. The molecule has 11 heteroatoms. The Kier molecular flexibility index (Phi) is 8.73. The van der Waals surface area contributed by atoms with Crippen LogP contribution in [0.15, 0.2) is 36.4 Å². The second kappa shape index (κ2) is 11.6. The lowest BCUT2D eigenvalue weighted by Gasteiger charge is -2.47. The molecule has 40 heavy (non-hydrogen) atoms. The summed E-state index contributed by atoms with van der Waals surface area (Å²) in [6, 6.07) is 4.01. The third kappa shape index (κ3) is 6.56. The fourth-order valence-corrected chi connectivity index (χ4v) is 5.73. The first-order valence-electron chi connectivity index (χ1n) is 13.3. The molecule has 1 saturated carbocycles. The fraction of sp³-hybridized carbons (Fsp3) is 0.517. The second-order valence-electron chi connectivity index (χ2n) is 10.7. The average molecular weight is 573 g/mol. The van der Waals surface area contributed by atoms with E-state index in [1.807, 2.05) is 0 Å². The monoisotopic (exact) mass is 572 g/mol. The lowest BCUT2D eigenvalue weighted by Crippen LogP contribution is -2.56. The Labute approximate surface area is 229 Å². The van der Waals surface area contributed by atoms with Crippen LogP contribution >= 0.6 is 0 Å². The Hall–Kier alpha value is -2.82. The summed E-state index contributed by atoms with van der Waals surface area (Å²) in [4.78, 5) is 18.9. The molecule has 4 nitrogen and oxygen atoms in total. The number of hydrogen-bond acceptors (Lipinski definition) is 2. The number of benzene rings is 2. The summed E-state index contributed by atoms with van der Waals surface area (Å²) >= 11 is 0. The van der Waals surface area contributed by atoms with Crippen LogP contribution < -0.4 is 0 Å². The molecule has 0 unspecified atom stereocenters. The van der Waals surface area contributed by atoms with E-state index < -0.39 is 47.4 Å². The highest BCUT2D eigenvalue weighted by molar-refractivity contribution is 5.75. The highest BCUT2D eigenvalue weighted by atomic mass is 19.4. The molecule has 1 aliphatic heterocycles. The van der Waals surface area contributed by atoms with Gasteiger partial charge in [0.05, 0.1) is 23.2 Å². The highest BCUT2D eigenvalue weighted by Gasteiger charge is 2.40. The van der Waals surface area contributed by atoms with Crippen molar-refractivity contribution in [3.8, 4) is 0 Å². The Morgan fingerprint density at radius 3 is 2.10 bits per heavy atom. The molecule has 2 aliphatic rings. The van der Waals surface area contributed by atoms with Gasteiger partial charge in [-0.15, -0.1) is 0 Å². The van der Waals surface area contributed by atoms with Crippen LogP contribution in [0.5, 0.6) is 0 Å². The van der Waals surface area contributed by atoms with Gasteiger partial charge in [-0.05, 0) is 93.0 Å². The van der Waals surface area contributed by atoms with Gasteiger partial charge in [0.25, 0.3) is 0 Å².